The third-order valence-corrected chi connectivity index (χ3v) is 5.78. The van der Waals surface area contributed by atoms with Crippen LogP contribution in [0.4, 0.5) is 11.4 Å². The number of hydrogen-bond acceptors (Lipinski definition) is 7. The number of aryl methyl sites for hydroxylation is 1. The van der Waals surface area contributed by atoms with Crippen molar-refractivity contribution < 1.29 is 14.5 Å². The molecule has 1 atom stereocenters. The molecule has 0 aliphatic heterocycles. The first-order chi connectivity index (χ1) is 15.8. The molecule has 2 amide bonds. The lowest BCUT2D eigenvalue weighted by Gasteiger charge is -2.15. The maximum atomic E-state index is 12.5. The molecule has 2 aromatic carbocycles. The first kappa shape index (κ1) is 23.9. The van der Waals surface area contributed by atoms with E-state index in [0.29, 0.717) is 23.1 Å². The number of aromatic nitrogens is 3. The summed E-state index contributed by atoms with van der Waals surface area (Å²) in [5.41, 5.74) is 1.58. The highest BCUT2D eigenvalue weighted by atomic mass is 32.2. The van der Waals surface area contributed by atoms with Crippen molar-refractivity contribution in [2.75, 3.05) is 11.1 Å². The molecule has 0 saturated heterocycles. The van der Waals surface area contributed by atoms with Gasteiger partial charge in [-0.05, 0) is 39.0 Å². The van der Waals surface area contributed by atoms with Crippen LogP contribution in [-0.4, -0.2) is 37.3 Å². The fourth-order valence-corrected chi connectivity index (χ4v) is 3.94. The van der Waals surface area contributed by atoms with Gasteiger partial charge in [0.25, 0.3) is 11.6 Å². The maximum Gasteiger partial charge on any atom is 0.292 e. The standard InChI is InChI=1S/C22H24N6O4S/c1-4-27-20(15(3)23-21(30)16-11-9-14(2)10-12-16)25-26-22(27)33-13-19(29)24-17-7-5-6-8-18(17)28(31)32/h5-12,15H,4,13H2,1-3H3,(H,23,30)(H,24,29)/t15-/m1/s1. The van der Waals surface area contributed by atoms with E-state index >= 15 is 0 Å². The number of thioether (sulfide) groups is 1. The number of nitro benzene ring substituents is 1. The van der Waals surface area contributed by atoms with Gasteiger partial charge in [-0.3, -0.25) is 19.7 Å². The molecule has 3 rings (SSSR count). The minimum absolute atomic E-state index is 0.00567. The molecule has 0 unspecified atom stereocenters. The van der Waals surface area contributed by atoms with E-state index in [1.807, 2.05) is 37.5 Å². The zero-order valence-corrected chi connectivity index (χ0v) is 19.3. The fourth-order valence-electron chi connectivity index (χ4n) is 3.13. The minimum Gasteiger partial charge on any atom is -0.342 e. The van der Waals surface area contributed by atoms with Crippen molar-refractivity contribution in [3.05, 3.63) is 75.6 Å². The van der Waals surface area contributed by atoms with Crippen molar-refractivity contribution >= 4 is 35.0 Å². The number of amides is 2. The summed E-state index contributed by atoms with van der Waals surface area (Å²) >= 11 is 1.16. The highest BCUT2D eigenvalue weighted by molar-refractivity contribution is 7.99. The van der Waals surface area contributed by atoms with Crippen molar-refractivity contribution in [2.45, 2.75) is 38.5 Å². The molecular formula is C22H24N6O4S. The Morgan fingerprint density at radius 2 is 1.85 bits per heavy atom. The molecule has 10 nitrogen and oxygen atoms in total. The number of carbonyl (C=O) groups excluding carboxylic acids is 2. The molecule has 1 heterocycles. The van der Waals surface area contributed by atoms with E-state index in [-0.39, 0.29) is 23.0 Å². The Morgan fingerprint density at radius 3 is 2.52 bits per heavy atom. The lowest BCUT2D eigenvalue weighted by Crippen LogP contribution is -2.28. The molecule has 0 spiro atoms. The van der Waals surface area contributed by atoms with E-state index in [1.54, 1.807) is 18.2 Å². The van der Waals surface area contributed by atoms with Crippen LogP contribution in [0.25, 0.3) is 0 Å². The highest BCUT2D eigenvalue weighted by Gasteiger charge is 2.21. The Morgan fingerprint density at radius 1 is 1.15 bits per heavy atom. The zero-order valence-electron chi connectivity index (χ0n) is 18.4. The van der Waals surface area contributed by atoms with Gasteiger partial charge >= 0.3 is 0 Å². The number of para-hydroxylation sites is 2. The largest absolute Gasteiger partial charge is 0.342 e. The molecule has 11 heteroatoms. The van der Waals surface area contributed by atoms with Crippen LogP contribution in [0.1, 0.15) is 41.6 Å². The fraction of sp³-hybridized carbons (Fsp3) is 0.273. The molecule has 0 fully saturated rings. The smallest absolute Gasteiger partial charge is 0.292 e. The first-order valence-electron chi connectivity index (χ1n) is 10.3. The summed E-state index contributed by atoms with van der Waals surface area (Å²) in [4.78, 5) is 35.5. The molecule has 3 aromatic rings. The Bertz CT molecular complexity index is 1160. The monoisotopic (exact) mass is 468 g/mol. The van der Waals surface area contributed by atoms with Crippen LogP contribution in [0.15, 0.2) is 53.7 Å². The van der Waals surface area contributed by atoms with Crippen LogP contribution in [0, 0.1) is 17.0 Å². The van der Waals surface area contributed by atoms with Crippen LogP contribution >= 0.6 is 11.8 Å². The van der Waals surface area contributed by atoms with Gasteiger partial charge in [-0.2, -0.15) is 0 Å². The number of nitro groups is 1. The van der Waals surface area contributed by atoms with E-state index in [0.717, 1.165) is 17.3 Å². The summed E-state index contributed by atoms with van der Waals surface area (Å²) < 4.78 is 1.82. The normalized spacial score (nSPS) is 11.6. The lowest BCUT2D eigenvalue weighted by molar-refractivity contribution is -0.383. The molecule has 2 N–H and O–H groups in total. The summed E-state index contributed by atoms with van der Waals surface area (Å²) in [6, 6.07) is 12.8. The Balaban J connectivity index is 1.64. The number of nitrogens with one attached hydrogen (secondary N) is 2. The maximum absolute atomic E-state index is 12.5. The van der Waals surface area contributed by atoms with E-state index in [1.165, 1.54) is 18.2 Å². The van der Waals surface area contributed by atoms with Crippen LogP contribution in [0.5, 0.6) is 0 Å². The van der Waals surface area contributed by atoms with Gasteiger partial charge in [0.05, 0.1) is 16.7 Å². The Hall–Kier alpha value is -3.73. The van der Waals surface area contributed by atoms with Gasteiger partial charge in [-0.1, -0.05) is 41.6 Å². The Kier molecular flexibility index (Phi) is 7.78. The van der Waals surface area contributed by atoms with E-state index in [4.69, 9.17) is 0 Å². The number of carbonyl (C=O) groups is 2. The zero-order chi connectivity index (χ0) is 24.0. The quantitative estimate of drug-likeness (QED) is 0.278. The number of nitrogens with zero attached hydrogens (tertiary/aromatic N) is 4. The van der Waals surface area contributed by atoms with Crippen molar-refractivity contribution in [1.82, 2.24) is 20.1 Å². The van der Waals surface area contributed by atoms with E-state index < -0.39 is 16.9 Å². The van der Waals surface area contributed by atoms with Gasteiger partial charge < -0.3 is 15.2 Å². The highest BCUT2D eigenvalue weighted by Crippen LogP contribution is 2.25. The summed E-state index contributed by atoms with van der Waals surface area (Å²) in [5, 5.41) is 25.5. The van der Waals surface area contributed by atoms with Crippen LogP contribution < -0.4 is 10.6 Å². The average Bonchev–Trinajstić information content (AvgIpc) is 3.21. The van der Waals surface area contributed by atoms with Crippen LogP contribution in [0.3, 0.4) is 0 Å². The molecule has 0 saturated carbocycles. The van der Waals surface area contributed by atoms with Crippen molar-refractivity contribution in [3.63, 3.8) is 0 Å². The molecule has 0 radical (unpaired) electrons. The van der Waals surface area contributed by atoms with Gasteiger partial charge in [-0.15, -0.1) is 10.2 Å². The predicted octanol–water partition coefficient (Wildman–Crippen LogP) is 3.74. The van der Waals surface area contributed by atoms with Gasteiger partial charge in [0.1, 0.15) is 5.69 Å². The summed E-state index contributed by atoms with van der Waals surface area (Å²) in [6.07, 6.45) is 0. The molecular weight excluding hydrogens is 444 g/mol. The SMILES string of the molecule is CCn1c(SCC(=O)Nc2ccccc2[N+](=O)[O-])nnc1[C@@H](C)NC(=O)c1ccc(C)cc1. The van der Waals surface area contributed by atoms with Crippen LogP contribution in [0.2, 0.25) is 0 Å². The second-order valence-electron chi connectivity index (χ2n) is 7.26. The topological polar surface area (TPSA) is 132 Å². The third kappa shape index (κ3) is 5.95. The summed E-state index contributed by atoms with van der Waals surface area (Å²) in [7, 11) is 0. The third-order valence-electron chi connectivity index (χ3n) is 4.82. The molecule has 1 aromatic heterocycles. The second-order valence-corrected chi connectivity index (χ2v) is 8.20. The minimum atomic E-state index is -0.547. The second kappa shape index (κ2) is 10.7. The summed E-state index contributed by atoms with van der Waals surface area (Å²) in [6.45, 7) is 6.23. The van der Waals surface area contributed by atoms with Gasteiger partial charge in [0.2, 0.25) is 5.91 Å². The van der Waals surface area contributed by atoms with Gasteiger partial charge in [0.15, 0.2) is 11.0 Å². The lowest BCUT2D eigenvalue weighted by atomic mass is 10.1. The first-order valence-corrected chi connectivity index (χ1v) is 11.3. The van der Waals surface area contributed by atoms with E-state index in [2.05, 4.69) is 20.8 Å². The Labute approximate surface area is 194 Å². The molecule has 0 aliphatic rings. The van der Waals surface area contributed by atoms with Crippen molar-refractivity contribution in [2.24, 2.45) is 0 Å². The van der Waals surface area contributed by atoms with Crippen molar-refractivity contribution in [1.29, 1.82) is 0 Å². The molecule has 0 bridgehead atoms. The van der Waals surface area contributed by atoms with E-state index in [9.17, 15) is 19.7 Å². The number of rotatable bonds is 9. The van der Waals surface area contributed by atoms with Crippen LogP contribution in [-0.2, 0) is 11.3 Å². The number of anilines is 1. The van der Waals surface area contributed by atoms with Crippen molar-refractivity contribution in [3.8, 4) is 0 Å². The molecule has 33 heavy (non-hydrogen) atoms. The number of benzene rings is 2. The summed E-state index contributed by atoms with van der Waals surface area (Å²) in [5.74, 6) is -0.0538. The van der Waals surface area contributed by atoms with Gasteiger partial charge in [0, 0.05) is 18.2 Å². The molecule has 0 aliphatic carbocycles. The predicted molar refractivity (Wildman–Crippen MR) is 125 cm³/mol. The van der Waals surface area contributed by atoms with Gasteiger partial charge in [-0.25, -0.2) is 0 Å². The average molecular weight is 469 g/mol. The number of hydrogen-bond donors (Lipinski definition) is 2. The molecule has 172 valence electrons.